The first-order chi connectivity index (χ1) is 9.24. The van der Waals surface area contributed by atoms with Crippen LogP contribution in [0, 0.1) is 0 Å². The lowest BCUT2D eigenvalue weighted by molar-refractivity contribution is 0.0754. The molecule has 3 nitrogen and oxygen atoms in total. The number of aromatic nitrogens is 1. The molecule has 1 aliphatic carbocycles. The van der Waals surface area contributed by atoms with Crippen LogP contribution in [0.1, 0.15) is 54.3 Å². The molecule has 5 heteroatoms. The van der Waals surface area contributed by atoms with Crippen molar-refractivity contribution in [1.29, 1.82) is 0 Å². The van der Waals surface area contributed by atoms with E-state index in [-0.39, 0.29) is 6.10 Å². The molecule has 1 aliphatic heterocycles. The predicted molar refractivity (Wildman–Crippen MR) is 82.1 cm³/mol. The maximum atomic E-state index is 5.86. The second-order valence-electron chi connectivity index (χ2n) is 5.60. The van der Waals surface area contributed by atoms with Gasteiger partial charge >= 0.3 is 0 Å². The second kappa shape index (κ2) is 6.12. The third-order valence-corrected chi connectivity index (χ3v) is 5.63. The van der Waals surface area contributed by atoms with Crippen molar-refractivity contribution < 1.29 is 4.74 Å². The Labute approximate surface area is 123 Å². The van der Waals surface area contributed by atoms with E-state index in [9.17, 15) is 0 Å². The Kier molecular flexibility index (Phi) is 4.47. The van der Waals surface area contributed by atoms with Crippen molar-refractivity contribution in [2.45, 2.75) is 51.3 Å². The molecule has 1 N–H and O–H groups in total. The van der Waals surface area contributed by atoms with Crippen molar-refractivity contribution in [3.63, 3.8) is 0 Å². The van der Waals surface area contributed by atoms with Gasteiger partial charge in [0.05, 0.1) is 12.3 Å². The summed E-state index contributed by atoms with van der Waals surface area (Å²) in [5.41, 5.74) is 1.35. The zero-order valence-corrected chi connectivity index (χ0v) is 13.3. The van der Waals surface area contributed by atoms with Crippen molar-refractivity contribution in [2.24, 2.45) is 0 Å². The van der Waals surface area contributed by atoms with E-state index < -0.39 is 0 Å². The summed E-state index contributed by atoms with van der Waals surface area (Å²) in [5, 5.41) is 4.73. The highest BCUT2D eigenvalue weighted by Gasteiger charge is 2.31. The first kappa shape index (κ1) is 13.9. The van der Waals surface area contributed by atoms with E-state index >= 15 is 0 Å². The van der Waals surface area contributed by atoms with Gasteiger partial charge in [-0.05, 0) is 12.8 Å². The van der Waals surface area contributed by atoms with E-state index in [4.69, 9.17) is 9.72 Å². The third kappa shape index (κ3) is 3.51. The van der Waals surface area contributed by atoms with Gasteiger partial charge in [-0.2, -0.15) is 11.8 Å². The molecule has 0 aromatic carbocycles. The van der Waals surface area contributed by atoms with Crippen LogP contribution in [0.3, 0.4) is 0 Å². The van der Waals surface area contributed by atoms with Crippen molar-refractivity contribution in [1.82, 2.24) is 10.3 Å². The monoisotopic (exact) mass is 298 g/mol. The predicted octanol–water partition coefficient (Wildman–Crippen LogP) is 3.32. The summed E-state index contributed by atoms with van der Waals surface area (Å²) in [7, 11) is 0. The molecule has 1 unspecified atom stereocenters. The molecule has 2 aliphatic rings. The fraction of sp³-hybridized carbons (Fsp3) is 0.786. The van der Waals surface area contributed by atoms with Gasteiger partial charge < -0.3 is 10.1 Å². The molecule has 2 fully saturated rings. The first-order valence-corrected chi connectivity index (χ1v) is 9.13. The van der Waals surface area contributed by atoms with E-state index in [2.05, 4.69) is 19.2 Å². The molecule has 0 spiro atoms. The summed E-state index contributed by atoms with van der Waals surface area (Å²) in [4.78, 5) is 6.35. The first-order valence-electron chi connectivity index (χ1n) is 7.16. The van der Waals surface area contributed by atoms with Crippen molar-refractivity contribution >= 4 is 23.1 Å². The molecular weight excluding hydrogens is 276 g/mol. The topological polar surface area (TPSA) is 34.1 Å². The van der Waals surface area contributed by atoms with Crippen LogP contribution in [-0.2, 0) is 11.3 Å². The van der Waals surface area contributed by atoms with Gasteiger partial charge in [0.1, 0.15) is 11.1 Å². The van der Waals surface area contributed by atoms with Crippen molar-refractivity contribution in [2.75, 3.05) is 18.1 Å². The Bertz CT molecular complexity index is 423. The molecule has 2 heterocycles. The van der Waals surface area contributed by atoms with Gasteiger partial charge in [0.25, 0.3) is 0 Å². The summed E-state index contributed by atoms with van der Waals surface area (Å²) in [6, 6.07) is 0.527. The number of hydrogen-bond donors (Lipinski definition) is 1. The van der Waals surface area contributed by atoms with Gasteiger partial charge in [0.2, 0.25) is 0 Å². The fourth-order valence-corrected chi connectivity index (χ4v) is 4.36. The largest absolute Gasteiger partial charge is 0.369 e. The minimum Gasteiger partial charge on any atom is -0.369 e. The maximum Gasteiger partial charge on any atom is 0.123 e. The summed E-state index contributed by atoms with van der Waals surface area (Å²) in [6.45, 7) is 6.22. The Hall–Kier alpha value is -0.100. The summed E-state index contributed by atoms with van der Waals surface area (Å²) >= 11 is 3.85. The Morgan fingerprint density at radius 3 is 2.89 bits per heavy atom. The number of ether oxygens (including phenoxy) is 1. The minimum atomic E-state index is 0.231. The zero-order valence-electron chi connectivity index (χ0n) is 11.6. The molecule has 106 valence electrons. The normalized spacial score (nSPS) is 24.1. The third-order valence-electron chi connectivity index (χ3n) is 3.47. The molecule has 1 saturated heterocycles. The summed E-state index contributed by atoms with van der Waals surface area (Å²) in [5.74, 6) is 2.92. The Balaban J connectivity index is 1.75. The smallest absolute Gasteiger partial charge is 0.123 e. The van der Waals surface area contributed by atoms with Crippen LogP contribution >= 0.6 is 23.1 Å². The van der Waals surface area contributed by atoms with E-state index in [1.807, 2.05) is 23.1 Å². The molecule has 1 aromatic rings. The van der Waals surface area contributed by atoms with Crippen molar-refractivity contribution in [3.8, 4) is 0 Å². The van der Waals surface area contributed by atoms with E-state index in [0.717, 1.165) is 30.6 Å². The average molecular weight is 298 g/mol. The molecule has 0 radical (unpaired) electrons. The fourth-order valence-electron chi connectivity index (χ4n) is 2.25. The number of rotatable bonds is 5. The Morgan fingerprint density at radius 1 is 1.42 bits per heavy atom. The molecule has 0 bridgehead atoms. The van der Waals surface area contributed by atoms with Gasteiger partial charge in [0.15, 0.2) is 0 Å². The van der Waals surface area contributed by atoms with Crippen LogP contribution in [0.4, 0.5) is 0 Å². The second-order valence-corrected chi connectivity index (χ2v) is 7.87. The van der Waals surface area contributed by atoms with Gasteiger partial charge in [0, 0.05) is 34.9 Å². The van der Waals surface area contributed by atoms with E-state index in [1.165, 1.54) is 28.4 Å². The number of hydrogen-bond acceptors (Lipinski definition) is 5. The SMILES string of the molecule is CC(C)NCc1sc(C2CSCCO2)nc1C1CC1. The Morgan fingerprint density at radius 2 is 2.26 bits per heavy atom. The molecule has 1 saturated carbocycles. The van der Waals surface area contributed by atoms with Crippen LogP contribution in [0.25, 0.3) is 0 Å². The molecular formula is C14H22N2OS2. The van der Waals surface area contributed by atoms with Crippen LogP contribution < -0.4 is 5.32 Å². The number of thiazole rings is 1. The highest BCUT2D eigenvalue weighted by molar-refractivity contribution is 7.99. The standard InChI is InChI=1S/C14H22N2OS2/c1-9(2)15-7-12-13(10-3-4-10)16-14(19-12)11-8-18-6-5-17-11/h9-11,15H,3-8H2,1-2H3. The molecule has 19 heavy (non-hydrogen) atoms. The number of thioether (sulfide) groups is 1. The van der Waals surface area contributed by atoms with Gasteiger partial charge in [-0.3, -0.25) is 0 Å². The lowest BCUT2D eigenvalue weighted by Gasteiger charge is -2.19. The minimum absolute atomic E-state index is 0.231. The molecule has 1 aromatic heterocycles. The quantitative estimate of drug-likeness (QED) is 0.904. The highest BCUT2D eigenvalue weighted by Crippen LogP contribution is 2.44. The lowest BCUT2D eigenvalue weighted by Crippen LogP contribution is -2.21. The van der Waals surface area contributed by atoms with Gasteiger partial charge in [-0.1, -0.05) is 13.8 Å². The lowest BCUT2D eigenvalue weighted by atomic mass is 10.2. The molecule has 1 atom stereocenters. The van der Waals surface area contributed by atoms with Crippen LogP contribution in [0.2, 0.25) is 0 Å². The average Bonchev–Trinajstić information content (AvgIpc) is 3.17. The van der Waals surface area contributed by atoms with Crippen LogP contribution in [0.15, 0.2) is 0 Å². The zero-order chi connectivity index (χ0) is 13.2. The molecule has 0 amide bonds. The van der Waals surface area contributed by atoms with Gasteiger partial charge in [-0.15, -0.1) is 11.3 Å². The van der Waals surface area contributed by atoms with Gasteiger partial charge in [-0.25, -0.2) is 4.98 Å². The van der Waals surface area contributed by atoms with Crippen LogP contribution in [0.5, 0.6) is 0 Å². The highest BCUT2D eigenvalue weighted by atomic mass is 32.2. The van der Waals surface area contributed by atoms with E-state index in [0.29, 0.717) is 6.04 Å². The summed E-state index contributed by atoms with van der Waals surface area (Å²) in [6.07, 6.45) is 2.87. The summed E-state index contributed by atoms with van der Waals surface area (Å²) < 4.78 is 5.86. The number of nitrogens with one attached hydrogen (secondary N) is 1. The maximum absolute atomic E-state index is 5.86. The van der Waals surface area contributed by atoms with E-state index in [1.54, 1.807) is 0 Å². The molecule has 3 rings (SSSR count). The van der Waals surface area contributed by atoms with Crippen LogP contribution in [-0.4, -0.2) is 29.1 Å². The van der Waals surface area contributed by atoms with Crippen molar-refractivity contribution in [3.05, 3.63) is 15.6 Å². The number of nitrogens with zero attached hydrogens (tertiary/aromatic N) is 1.